The van der Waals surface area contributed by atoms with Crippen molar-refractivity contribution in [2.45, 2.75) is 31.7 Å². The molecule has 0 aromatic carbocycles. The summed E-state index contributed by atoms with van der Waals surface area (Å²) in [7, 11) is 1.86. The monoisotopic (exact) mass is 329 g/mol. The molecule has 24 heavy (non-hydrogen) atoms. The lowest BCUT2D eigenvalue weighted by Crippen LogP contribution is -2.42. The topological polar surface area (TPSA) is 80.9 Å². The maximum absolute atomic E-state index is 12.9. The van der Waals surface area contributed by atoms with E-state index < -0.39 is 0 Å². The van der Waals surface area contributed by atoms with Crippen LogP contribution in [0.2, 0.25) is 0 Å². The zero-order chi connectivity index (χ0) is 16.5. The minimum Gasteiger partial charge on any atom is -0.316 e. The second-order valence-corrected chi connectivity index (χ2v) is 6.77. The third-order valence-corrected chi connectivity index (χ3v) is 4.95. The van der Waals surface area contributed by atoms with E-state index in [4.69, 9.17) is 0 Å². The maximum Gasteiger partial charge on any atom is 0.251 e. The Hall–Kier alpha value is -2.22. The molecule has 0 aliphatic carbocycles. The molecule has 0 saturated carbocycles. The molecule has 8 heteroatoms. The number of hydrogen-bond acceptors (Lipinski definition) is 5. The van der Waals surface area contributed by atoms with Gasteiger partial charge in [0.05, 0.1) is 17.6 Å². The van der Waals surface area contributed by atoms with E-state index >= 15 is 0 Å². The Kier molecular flexibility index (Phi) is 4.05. The molecule has 0 spiro atoms. The molecule has 8 nitrogen and oxygen atoms in total. The molecule has 2 saturated heterocycles. The molecule has 2 unspecified atom stereocenters. The molecule has 1 N–H and O–H groups in total. The van der Waals surface area contributed by atoms with Crippen LogP contribution in [0.25, 0.3) is 0 Å². The van der Waals surface area contributed by atoms with Gasteiger partial charge in [-0.3, -0.25) is 9.48 Å². The van der Waals surface area contributed by atoms with Gasteiger partial charge in [-0.25, -0.2) is 4.68 Å². The smallest absolute Gasteiger partial charge is 0.251 e. The van der Waals surface area contributed by atoms with Gasteiger partial charge in [0.1, 0.15) is 6.04 Å². The minimum absolute atomic E-state index is 0.0771. The van der Waals surface area contributed by atoms with E-state index in [1.807, 2.05) is 24.3 Å². The molecule has 1 amide bonds. The van der Waals surface area contributed by atoms with Crippen molar-refractivity contribution in [1.29, 1.82) is 0 Å². The van der Waals surface area contributed by atoms with Gasteiger partial charge < -0.3 is 10.2 Å². The van der Waals surface area contributed by atoms with Gasteiger partial charge >= 0.3 is 0 Å². The van der Waals surface area contributed by atoms with Gasteiger partial charge in [-0.2, -0.15) is 5.10 Å². The fraction of sp³-hybridized carbons (Fsp3) is 0.625. The predicted molar refractivity (Wildman–Crippen MR) is 88.5 cm³/mol. The molecule has 128 valence electrons. The highest BCUT2D eigenvalue weighted by Crippen LogP contribution is 2.27. The van der Waals surface area contributed by atoms with Crippen molar-refractivity contribution >= 4 is 11.6 Å². The first kappa shape index (κ1) is 15.3. The number of aromatic nitrogens is 5. The molecule has 2 aliphatic rings. The van der Waals surface area contributed by atoms with Crippen LogP contribution in [-0.2, 0) is 18.3 Å². The van der Waals surface area contributed by atoms with Crippen LogP contribution in [0.5, 0.6) is 0 Å². The summed E-state index contributed by atoms with van der Waals surface area (Å²) in [6, 6.07) is -0.262. The van der Waals surface area contributed by atoms with Gasteiger partial charge in [0.15, 0.2) is 0 Å². The van der Waals surface area contributed by atoms with Gasteiger partial charge in [-0.05, 0) is 44.7 Å². The summed E-state index contributed by atoms with van der Waals surface area (Å²) in [6.45, 7) is 2.86. The van der Waals surface area contributed by atoms with E-state index in [1.165, 1.54) is 6.42 Å². The molecule has 0 bridgehead atoms. The largest absolute Gasteiger partial charge is 0.316 e. The Bertz CT molecular complexity index is 716. The molecule has 2 aliphatic heterocycles. The zero-order valence-corrected chi connectivity index (χ0v) is 13.9. The SMILES string of the molecule is Cn1cc(N2CCCC(n3cc(CC4CCNC4)nn3)C2=O)cn1. The molecule has 4 heterocycles. The fourth-order valence-corrected chi connectivity index (χ4v) is 3.65. The lowest BCUT2D eigenvalue weighted by Gasteiger charge is -2.31. The second kappa shape index (κ2) is 6.35. The quantitative estimate of drug-likeness (QED) is 0.885. The highest BCUT2D eigenvalue weighted by atomic mass is 16.2. The summed E-state index contributed by atoms with van der Waals surface area (Å²) in [5.41, 5.74) is 1.83. The molecule has 2 aromatic heterocycles. The average Bonchev–Trinajstić information content (AvgIpc) is 3.31. The number of aryl methyl sites for hydroxylation is 1. The van der Waals surface area contributed by atoms with Crippen LogP contribution < -0.4 is 10.2 Å². The summed E-state index contributed by atoms with van der Waals surface area (Å²) in [6.07, 6.45) is 9.44. The first-order valence-electron chi connectivity index (χ1n) is 8.62. The Morgan fingerprint density at radius 3 is 3.00 bits per heavy atom. The summed E-state index contributed by atoms with van der Waals surface area (Å²) < 4.78 is 3.47. The lowest BCUT2D eigenvalue weighted by atomic mass is 10.0. The van der Waals surface area contributed by atoms with E-state index in [1.54, 1.807) is 15.6 Å². The van der Waals surface area contributed by atoms with Crippen molar-refractivity contribution in [3.63, 3.8) is 0 Å². The van der Waals surface area contributed by atoms with Gasteiger partial charge in [-0.15, -0.1) is 5.10 Å². The third kappa shape index (κ3) is 2.93. The summed E-state index contributed by atoms with van der Waals surface area (Å²) in [5.74, 6) is 0.706. The summed E-state index contributed by atoms with van der Waals surface area (Å²) in [5, 5.41) is 16.1. The molecule has 2 fully saturated rings. The first-order chi connectivity index (χ1) is 11.7. The van der Waals surface area contributed by atoms with E-state index in [9.17, 15) is 4.79 Å². The number of anilines is 1. The molecule has 0 radical (unpaired) electrons. The van der Waals surface area contributed by atoms with E-state index in [-0.39, 0.29) is 11.9 Å². The molecule has 2 aromatic rings. The Morgan fingerprint density at radius 1 is 1.33 bits per heavy atom. The Morgan fingerprint density at radius 2 is 2.25 bits per heavy atom. The number of carbonyl (C=O) groups is 1. The predicted octanol–water partition coefficient (Wildman–Crippen LogP) is 0.532. The molecular weight excluding hydrogens is 306 g/mol. The minimum atomic E-state index is -0.262. The highest BCUT2D eigenvalue weighted by Gasteiger charge is 2.32. The van der Waals surface area contributed by atoms with Crippen molar-refractivity contribution in [1.82, 2.24) is 30.1 Å². The van der Waals surface area contributed by atoms with Crippen molar-refractivity contribution in [2.75, 3.05) is 24.5 Å². The number of nitrogens with zero attached hydrogens (tertiary/aromatic N) is 6. The molecule has 2 atom stereocenters. The Labute approximate surface area is 140 Å². The van der Waals surface area contributed by atoms with Gasteiger partial charge in [-0.1, -0.05) is 5.21 Å². The number of nitrogens with one attached hydrogen (secondary N) is 1. The van der Waals surface area contributed by atoms with Crippen molar-refractivity contribution in [3.05, 3.63) is 24.3 Å². The normalized spacial score (nSPS) is 24.7. The van der Waals surface area contributed by atoms with E-state index in [0.717, 1.165) is 50.3 Å². The van der Waals surface area contributed by atoms with Crippen LogP contribution in [0.4, 0.5) is 5.69 Å². The maximum atomic E-state index is 12.9. The second-order valence-electron chi connectivity index (χ2n) is 6.77. The molecular formula is C16H23N7O. The van der Waals surface area contributed by atoms with E-state index in [2.05, 4.69) is 20.7 Å². The standard InChI is InChI=1S/C16H23N7O/c1-21-11-14(9-18-21)22-6-2-3-15(16(22)24)23-10-13(19-20-23)7-12-4-5-17-8-12/h9-12,15,17H,2-8H2,1H3. The number of rotatable bonds is 4. The van der Waals surface area contributed by atoms with Crippen LogP contribution >= 0.6 is 0 Å². The summed E-state index contributed by atoms with van der Waals surface area (Å²) in [4.78, 5) is 14.7. The average molecular weight is 329 g/mol. The van der Waals surface area contributed by atoms with Crippen molar-refractivity contribution in [2.24, 2.45) is 13.0 Å². The van der Waals surface area contributed by atoms with Crippen molar-refractivity contribution in [3.8, 4) is 0 Å². The molecule has 4 rings (SSSR count). The van der Waals surface area contributed by atoms with Gasteiger partial charge in [0.25, 0.3) is 5.91 Å². The highest BCUT2D eigenvalue weighted by molar-refractivity contribution is 5.96. The summed E-state index contributed by atoms with van der Waals surface area (Å²) >= 11 is 0. The Balaban J connectivity index is 1.48. The van der Waals surface area contributed by atoms with Crippen LogP contribution in [0.15, 0.2) is 18.6 Å². The van der Waals surface area contributed by atoms with Crippen LogP contribution in [0, 0.1) is 5.92 Å². The fourth-order valence-electron chi connectivity index (χ4n) is 3.65. The zero-order valence-electron chi connectivity index (χ0n) is 13.9. The first-order valence-corrected chi connectivity index (χ1v) is 8.62. The van der Waals surface area contributed by atoms with Crippen LogP contribution in [0.1, 0.15) is 31.0 Å². The van der Waals surface area contributed by atoms with Gasteiger partial charge in [0.2, 0.25) is 0 Å². The van der Waals surface area contributed by atoms with Gasteiger partial charge in [0, 0.05) is 26.0 Å². The number of carbonyl (C=O) groups excluding carboxylic acids is 1. The van der Waals surface area contributed by atoms with E-state index in [0.29, 0.717) is 5.92 Å². The third-order valence-electron chi connectivity index (χ3n) is 4.95. The van der Waals surface area contributed by atoms with Crippen molar-refractivity contribution < 1.29 is 4.79 Å². The van der Waals surface area contributed by atoms with Crippen LogP contribution in [0.3, 0.4) is 0 Å². The number of piperidine rings is 1. The van der Waals surface area contributed by atoms with Crippen LogP contribution in [-0.4, -0.2) is 50.3 Å². The lowest BCUT2D eigenvalue weighted by molar-refractivity contribution is -0.123. The number of amides is 1. The number of hydrogen-bond donors (Lipinski definition) is 1.